The van der Waals surface area contributed by atoms with E-state index in [-0.39, 0.29) is 0 Å². The lowest BCUT2D eigenvalue weighted by Gasteiger charge is -2.27. The van der Waals surface area contributed by atoms with Crippen LogP contribution in [0.2, 0.25) is 5.02 Å². The number of likely N-dealkylation sites (N-methyl/N-ethyl adjacent to an activating group) is 1. The summed E-state index contributed by atoms with van der Waals surface area (Å²) in [6.07, 6.45) is 0.824. The molecule has 19 heavy (non-hydrogen) atoms. The van der Waals surface area contributed by atoms with Crippen molar-refractivity contribution < 1.29 is 5.11 Å². The van der Waals surface area contributed by atoms with E-state index < -0.39 is 5.60 Å². The summed E-state index contributed by atoms with van der Waals surface area (Å²) in [4.78, 5) is 1.97. The van der Waals surface area contributed by atoms with E-state index in [0.717, 1.165) is 22.8 Å². The fourth-order valence-corrected chi connectivity index (χ4v) is 2.56. The van der Waals surface area contributed by atoms with Crippen LogP contribution in [-0.4, -0.2) is 52.6 Å². The van der Waals surface area contributed by atoms with Gasteiger partial charge in [-0.2, -0.15) is 5.10 Å². The third kappa shape index (κ3) is 4.76. The van der Waals surface area contributed by atoms with Gasteiger partial charge in [-0.15, -0.1) is 0 Å². The monoisotopic (exact) mass is 288 g/mol. The lowest BCUT2D eigenvalue weighted by Crippen LogP contribution is -2.45. The molecule has 1 aromatic rings. The fourth-order valence-electron chi connectivity index (χ4n) is 2.20. The molecule has 2 N–H and O–H groups in total. The zero-order valence-electron chi connectivity index (χ0n) is 12.5. The van der Waals surface area contributed by atoms with Crippen molar-refractivity contribution in [3.05, 3.63) is 16.4 Å². The van der Waals surface area contributed by atoms with E-state index in [1.54, 1.807) is 4.68 Å². The van der Waals surface area contributed by atoms with Crippen LogP contribution in [0.25, 0.3) is 0 Å². The Balaban J connectivity index is 2.56. The van der Waals surface area contributed by atoms with Gasteiger partial charge in [0.1, 0.15) is 0 Å². The van der Waals surface area contributed by atoms with Gasteiger partial charge >= 0.3 is 0 Å². The Morgan fingerprint density at radius 3 is 2.58 bits per heavy atom. The predicted molar refractivity (Wildman–Crippen MR) is 78.5 cm³/mol. The Bertz CT molecular complexity index is 415. The van der Waals surface area contributed by atoms with Gasteiger partial charge in [0.15, 0.2) is 0 Å². The number of halogens is 1. The SMILES string of the molecule is CCc1nn(C)c(CNCC(C)(O)CN(C)C)c1Cl. The zero-order chi connectivity index (χ0) is 14.6. The summed E-state index contributed by atoms with van der Waals surface area (Å²) < 4.78 is 1.80. The van der Waals surface area contributed by atoms with Gasteiger partial charge in [-0.1, -0.05) is 18.5 Å². The minimum Gasteiger partial charge on any atom is -0.388 e. The van der Waals surface area contributed by atoms with Crippen molar-refractivity contribution in [1.82, 2.24) is 20.0 Å². The Hall–Kier alpha value is -0.620. The Kier molecular flexibility index (Phi) is 5.80. The minimum absolute atomic E-state index is 0.508. The lowest BCUT2D eigenvalue weighted by molar-refractivity contribution is 0.0334. The van der Waals surface area contributed by atoms with Crippen molar-refractivity contribution in [1.29, 1.82) is 0 Å². The largest absolute Gasteiger partial charge is 0.388 e. The molecule has 1 rings (SSSR count). The normalized spacial score (nSPS) is 14.9. The molecule has 0 bridgehead atoms. The number of hydrogen-bond donors (Lipinski definition) is 2. The highest BCUT2D eigenvalue weighted by Crippen LogP contribution is 2.20. The van der Waals surface area contributed by atoms with Gasteiger partial charge in [-0.3, -0.25) is 4.68 Å². The lowest BCUT2D eigenvalue weighted by atomic mass is 10.1. The number of nitrogens with one attached hydrogen (secondary N) is 1. The second-order valence-electron chi connectivity index (χ2n) is 5.52. The molecule has 0 fully saturated rings. The smallest absolute Gasteiger partial charge is 0.0869 e. The van der Waals surface area contributed by atoms with Crippen LogP contribution in [0.3, 0.4) is 0 Å². The predicted octanol–water partition coefficient (Wildman–Crippen LogP) is 1.04. The molecule has 0 aromatic carbocycles. The van der Waals surface area contributed by atoms with E-state index in [9.17, 15) is 5.11 Å². The van der Waals surface area contributed by atoms with E-state index in [1.165, 1.54) is 0 Å². The molecule has 0 aliphatic carbocycles. The van der Waals surface area contributed by atoms with Crippen LogP contribution in [0, 0.1) is 0 Å². The third-order valence-electron chi connectivity index (χ3n) is 2.96. The molecular weight excluding hydrogens is 264 g/mol. The van der Waals surface area contributed by atoms with Gasteiger partial charge in [0.2, 0.25) is 0 Å². The molecule has 0 amide bonds. The highest BCUT2D eigenvalue weighted by Gasteiger charge is 2.21. The quantitative estimate of drug-likeness (QED) is 0.787. The first-order valence-electron chi connectivity index (χ1n) is 6.55. The van der Waals surface area contributed by atoms with Gasteiger partial charge in [0, 0.05) is 26.7 Å². The van der Waals surface area contributed by atoms with Crippen molar-refractivity contribution in [2.75, 3.05) is 27.2 Å². The van der Waals surface area contributed by atoms with Crippen molar-refractivity contribution in [2.45, 2.75) is 32.4 Å². The molecule has 5 nitrogen and oxygen atoms in total. The van der Waals surface area contributed by atoms with Crippen LogP contribution in [0.4, 0.5) is 0 Å². The third-order valence-corrected chi connectivity index (χ3v) is 3.39. The average molecular weight is 289 g/mol. The molecule has 0 spiro atoms. The van der Waals surface area contributed by atoms with Crippen molar-refractivity contribution in [3.63, 3.8) is 0 Å². The second kappa shape index (κ2) is 6.70. The number of aryl methyl sites for hydroxylation is 2. The highest BCUT2D eigenvalue weighted by atomic mass is 35.5. The van der Waals surface area contributed by atoms with Gasteiger partial charge in [0.25, 0.3) is 0 Å². The van der Waals surface area contributed by atoms with E-state index in [2.05, 4.69) is 10.4 Å². The van der Waals surface area contributed by atoms with Crippen LogP contribution in [0.15, 0.2) is 0 Å². The summed E-state index contributed by atoms with van der Waals surface area (Å²) in [5.41, 5.74) is 1.11. The molecule has 0 saturated heterocycles. The highest BCUT2D eigenvalue weighted by molar-refractivity contribution is 6.31. The number of nitrogens with zero attached hydrogens (tertiary/aromatic N) is 3. The summed E-state index contributed by atoms with van der Waals surface area (Å²) in [6.45, 7) is 5.58. The molecule has 110 valence electrons. The van der Waals surface area contributed by atoms with Gasteiger partial charge in [-0.05, 0) is 27.4 Å². The van der Waals surface area contributed by atoms with Crippen molar-refractivity contribution in [3.8, 4) is 0 Å². The molecule has 1 heterocycles. The first-order chi connectivity index (χ1) is 8.76. The minimum atomic E-state index is -0.762. The molecule has 1 aromatic heterocycles. The number of aromatic nitrogens is 2. The Morgan fingerprint density at radius 1 is 1.47 bits per heavy atom. The van der Waals surface area contributed by atoms with Crippen molar-refractivity contribution in [2.24, 2.45) is 7.05 Å². The number of aliphatic hydroxyl groups is 1. The van der Waals surface area contributed by atoms with Crippen LogP contribution < -0.4 is 5.32 Å². The zero-order valence-corrected chi connectivity index (χ0v) is 13.3. The van der Waals surface area contributed by atoms with E-state index in [0.29, 0.717) is 19.6 Å². The summed E-state index contributed by atoms with van der Waals surface area (Å²) in [6, 6.07) is 0. The van der Waals surface area contributed by atoms with E-state index in [4.69, 9.17) is 11.6 Å². The summed E-state index contributed by atoms with van der Waals surface area (Å²) in [5.74, 6) is 0. The van der Waals surface area contributed by atoms with Gasteiger partial charge < -0.3 is 15.3 Å². The maximum atomic E-state index is 10.2. The van der Waals surface area contributed by atoms with Crippen molar-refractivity contribution >= 4 is 11.6 Å². The fraction of sp³-hybridized carbons (Fsp3) is 0.769. The summed E-state index contributed by atoms with van der Waals surface area (Å²) >= 11 is 6.27. The standard InChI is InChI=1S/C13H25ClN4O/c1-6-10-12(14)11(18(5)16-10)7-15-8-13(2,19)9-17(3)4/h15,19H,6-9H2,1-5H3. The Morgan fingerprint density at radius 2 is 2.11 bits per heavy atom. The number of rotatable bonds is 7. The topological polar surface area (TPSA) is 53.3 Å². The average Bonchev–Trinajstić information content (AvgIpc) is 2.54. The van der Waals surface area contributed by atoms with Crippen LogP contribution in [0.5, 0.6) is 0 Å². The van der Waals surface area contributed by atoms with Crippen LogP contribution >= 0.6 is 11.6 Å². The van der Waals surface area contributed by atoms with Gasteiger partial charge in [-0.25, -0.2) is 0 Å². The van der Waals surface area contributed by atoms with Gasteiger partial charge in [0.05, 0.1) is 22.0 Å². The van der Waals surface area contributed by atoms with E-state index in [1.807, 2.05) is 39.9 Å². The first-order valence-corrected chi connectivity index (χ1v) is 6.92. The molecule has 0 radical (unpaired) electrons. The summed E-state index contributed by atoms with van der Waals surface area (Å²) in [7, 11) is 5.78. The maximum Gasteiger partial charge on any atom is 0.0869 e. The maximum absolute atomic E-state index is 10.2. The van der Waals surface area contributed by atoms with Crippen LogP contribution in [0.1, 0.15) is 25.2 Å². The summed E-state index contributed by atoms with van der Waals surface area (Å²) in [5, 5.41) is 18.5. The first kappa shape index (κ1) is 16.4. The molecular formula is C13H25ClN4O. The molecule has 1 atom stereocenters. The number of hydrogen-bond acceptors (Lipinski definition) is 4. The molecule has 1 unspecified atom stereocenters. The molecule has 0 aliphatic heterocycles. The van der Waals surface area contributed by atoms with E-state index >= 15 is 0 Å². The second-order valence-corrected chi connectivity index (χ2v) is 5.90. The molecule has 0 saturated carbocycles. The van der Waals surface area contributed by atoms with Crippen LogP contribution in [-0.2, 0) is 20.0 Å². The molecule has 6 heteroatoms. The Labute approximate surface area is 120 Å². The molecule has 0 aliphatic rings.